The molecule has 1 aliphatic carbocycles. The van der Waals surface area contributed by atoms with E-state index in [0.29, 0.717) is 25.6 Å². The highest BCUT2D eigenvalue weighted by Crippen LogP contribution is 2.24. The van der Waals surface area contributed by atoms with Gasteiger partial charge in [0.15, 0.2) is 0 Å². The second kappa shape index (κ2) is 8.88. The van der Waals surface area contributed by atoms with Gasteiger partial charge in [0.1, 0.15) is 5.60 Å². The quantitative estimate of drug-likeness (QED) is 0.779. The van der Waals surface area contributed by atoms with E-state index in [1.807, 2.05) is 32.7 Å². The minimum absolute atomic E-state index is 0.191. The zero-order chi connectivity index (χ0) is 18.4. The van der Waals surface area contributed by atoms with E-state index in [-0.39, 0.29) is 12.0 Å². The Labute approximate surface area is 152 Å². The van der Waals surface area contributed by atoms with E-state index in [1.54, 1.807) is 4.90 Å². The van der Waals surface area contributed by atoms with Gasteiger partial charge in [-0.15, -0.1) is 0 Å². The summed E-state index contributed by atoms with van der Waals surface area (Å²) in [5.74, 6) is 0.864. The Hall–Kier alpha value is -1.30. The van der Waals surface area contributed by atoms with Crippen LogP contribution in [-0.4, -0.2) is 78.6 Å². The van der Waals surface area contributed by atoms with Crippen molar-refractivity contribution in [2.45, 2.75) is 58.5 Å². The van der Waals surface area contributed by atoms with Crippen LogP contribution in [0.2, 0.25) is 0 Å². The highest BCUT2D eigenvalue weighted by Gasteiger charge is 2.27. The van der Waals surface area contributed by atoms with Gasteiger partial charge in [-0.05, 0) is 39.5 Å². The number of likely N-dealkylation sites (N-methyl/N-ethyl adjacent to an activating group) is 1. The molecule has 0 bridgehead atoms. The number of carbonyl (C=O) groups excluding carboxylic acids is 2. The third-order valence-electron chi connectivity index (χ3n) is 5.07. The van der Waals surface area contributed by atoms with Gasteiger partial charge < -0.3 is 14.5 Å². The van der Waals surface area contributed by atoms with Crippen LogP contribution in [0.1, 0.15) is 52.9 Å². The molecular weight excluding hydrogens is 318 g/mol. The maximum atomic E-state index is 12.5. The van der Waals surface area contributed by atoms with Crippen LogP contribution in [0.4, 0.5) is 4.79 Å². The molecule has 2 amide bonds. The predicted molar refractivity (Wildman–Crippen MR) is 98.5 cm³/mol. The van der Waals surface area contributed by atoms with Crippen molar-refractivity contribution in [1.82, 2.24) is 14.7 Å². The normalized spacial score (nSPS) is 20.4. The summed E-state index contributed by atoms with van der Waals surface area (Å²) in [5, 5.41) is 0. The number of ether oxygens (including phenoxy) is 1. The zero-order valence-corrected chi connectivity index (χ0v) is 16.4. The third-order valence-corrected chi connectivity index (χ3v) is 5.07. The lowest BCUT2D eigenvalue weighted by Crippen LogP contribution is -2.52. The van der Waals surface area contributed by atoms with Crippen molar-refractivity contribution in [3.05, 3.63) is 0 Å². The molecule has 1 heterocycles. The number of amides is 2. The molecule has 0 unspecified atom stereocenters. The van der Waals surface area contributed by atoms with Gasteiger partial charge in [0, 0.05) is 39.8 Å². The first kappa shape index (κ1) is 20.0. The summed E-state index contributed by atoms with van der Waals surface area (Å²) in [6.45, 7) is 9.65. The standard InChI is InChI=1S/C19H35N3O3/c1-19(2,3)25-18(24)22-12-10-21(11-13-22)15-17(23)20(4)14-16-8-6-5-7-9-16/h16H,5-15H2,1-4H3. The molecule has 1 saturated carbocycles. The summed E-state index contributed by atoms with van der Waals surface area (Å²) >= 11 is 0. The van der Waals surface area contributed by atoms with E-state index in [4.69, 9.17) is 4.74 Å². The van der Waals surface area contributed by atoms with Gasteiger partial charge in [-0.3, -0.25) is 9.69 Å². The monoisotopic (exact) mass is 353 g/mol. The smallest absolute Gasteiger partial charge is 0.410 e. The van der Waals surface area contributed by atoms with Crippen molar-refractivity contribution in [1.29, 1.82) is 0 Å². The van der Waals surface area contributed by atoms with Crippen molar-refractivity contribution in [2.24, 2.45) is 5.92 Å². The molecule has 0 radical (unpaired) electrons. The first-order valence-electron chi connectivity index (χ1n) is 9.69. The molecule has 0 spiro atoms. The fourth-order valence-corrected chi connectivity index (χ4v) is 3.59. The molecule has 2 aliphatic rings. The third kappa shape index (κ3) is 6.84. The molecule has 2 fully saturated rings. The molecule has 6 heteroatoms. The average Bonchev–Trinajstić information content (AvgIpc) is 2.54. The first-order chi connectivity index (χ1) is 11.7. The van der Waals surface area contributed by atoms with Gasteiger partial charge in [0.25, 0.3) is 0 Å². The molecule has 0 N–H and O–H groups in total. The Morgan fingerprint density at radius 3 is 2.20 bits per heavy atom. The van der Waals surface area contributed by atoms with Gasteiger partial charge >= 0.3 is 6.09 Å². The summed E-state index contributed by atoms with van der Waals surface area (Å²) in [7, 11) is 1.92. The van der Waals surface area contributed by atoms with E-state index in [9.17, 15) is 9.59 Å². The SMILES string of the molecule is CN(CC1CCCCC1)C(=O)CN1CCN(C(=O)OC(C)(C)C)CC1. The summed E-state index contributed by atoms with van der Waals surface area (Å²) in [6.07, 6.45) is 6.21. The van der Waals surface area contributed by atoms with Gasteiger partial charge in [-0.2, -0.15) is 0 Å². The number of carbonyl (C=O) groups is 2. The van der Waals surface area contributed by atoms with E-state index in [1.165, 1.54) is 32.1 Å². The molecule has 6 nitrogen and oxygen atoms in total. The minimum Gasteiger partial charge on any atom is -0.444 e. The van der Waals surface area contributed by atoms with Crippen molar-refractivity contribution in [3.63, 3.8) is 0 Å². The second-order valence-electron chi connectivity index (χ2n) is 8.52. The van der Waals surface area contributed by atoms with E-state index in [2.05, 4.69) is 4.90 Å². The molecule has 25 heavy (non-hydrogen) atoms. The maximum Gasteiger partial charge on any atom is 0.410 e. The maximum absolute atomic E-state index is 12.5. The lowest BCUT2D eigenvalue weighted by atomic mass is 9.89. The van der Waals surface area contributed by atoms with Crippen LogP contribution >= 0.6 is 0 Å². The van der Waals surface area contributed by atoms with Crippen molar-refractivity contribution in [3.8, 4) is 0 Å². The van der Waals surface area contributed by atoms with Crippen LogP contribution in [0.5, 0.6) is 0 Å². The fourth-order valence-electron chi connectivity index (χ4n) is 3.59. The van der Waals surface area contributed by atoms with Gasteiger partial charge in [-0.1, -0.05) is 19.3 Å². The molecular formula is C19H35N3O3. The molecule has 144 valence electrons. The van der Waals surface area contributed by atoms with Crippen molar-refractivity contribution >= 4 is 12.0 Å². The van der Waals surface area contributed by atoms with Gasteiger partial charge in [-0.25, -0.2) is 4.79 Å². The van der Waals surface area contributed by atoms with E-state index >= 15 is 0 Å². The molecule has 1 saturated heterocycles. The van der Waals surface area contributed by atoms with Crippen LogP contribution in [0.3, 0.4) is 0 Å². The predicted octanol–water partition coefficient (Wildman–Crippen LogP) is 2.58. The summed E-state index contributed by atoms with van der Waals surface area (Å²) in [5.41, 5.74) is -0.466. The highest BCUT2D eigenvalue weighted by atomic mass is 16.6. The Balaban J connectivity index is 1.70. The molecule has 0 aromatic rings. The van der Waals surface area contributed by atoms with Crippen LogP contribution in [-0.2, 0) is 9.53 Å². The lowest BCUT2D eigenvalue weighted by molar-refractivity contribution is -0.132. The largest absolute Gasteiger partial charge is 0.444 e. The summed E-state index contributed by atoms with van der Waals surface area (Å²) in [6, 6.07) is 0. The summed E-state index contributed by atoms with van der Waals surface area (Å²) < 4.78 is 5.41. The number of piperazine rings is 1. The second-order valence-corrected chi connectivity index (χ2v) is 8.52. The molecule has 2 rings (SSSR count). The number of hydrogen-bond acceptors (Lipinski definition) is 4. The number of nitrogens with zero attached hydrogens (tertiary/aromatic N) is 3. The number of rotatable bonds is 4. The number of hydrogen-bond donors (Lipinski definition) is 0. The first-order valence-corrected chi connectivity index (χ1v) is 9.69. The minimum atomic E-state index is -0.466. The van der Waals surface area contributed by atoms with Crippen molar-refractivity contribution < 1.29 is 14.3 Å². The average molecular weight is 354 g/mol. The Kier molecular flexibility index (Phi) is 7.11. The van der Waals surface area contributed by atoms with E-state index < -0.39 is 5.60 Å². The highest BCUT2D eigenvalue weighted by molar-refractivity contribution is 5.78. The molecule has 1 aliphatic heterocycles. The Morgan fingerprint density at radius 1 is 1.04 bits per heavy atom. The Bertz CT molecular complexity index is 447. The van der Waals surface area contributed by atoms with Crippen LogP contribution < -0.4 is 0 Å². The molecule has 0 aromatic heterocycles. The fraction of sp³-hybridized carbons (Fsp3) is 0.895. The van der Waals surface area contributed by atoms with Crippen LogP contribution in [0, 0.1) is 5.92 Å². The van der Waals surface area contributed by atoms with Gasteiger partial charge in [0.05, 0.1) is 6.54 Å². The van der Waals surface area contributed by atoms with E-state index in [0.717, 1.165) is 19.6 Å². The summed E-state index contributed by atoms with van der Waals surface area (Å²) in [4.78, 5) is 30.3. The molecule has 0 aromatic carbocycles. The Morgan fingerprint density at radius 2 is 1.64 bits per heavy atom. The van der Waals surface area contributed by atoms with Crippen molar-refractivity contribution in [2.75, 3.05) is 46.3 Å². The lowest BCUT2D eigenvalue weighted by Gasteiger charge is -2.36. The van der Waals surface area contributed by atoms with Crippen LogP contribution in [0.15, 0.2) is 0 Å². The van der Waals surface area contributed by atoms with Crippen LogP contribution in [0.25, 0.3) is 0 Å². The topological polar surface area (TPSA) is 53.1 Å². The van der Waals surface area contributed by atoms with Gasteiger partial charge in [0.2, 0.25) is 5.91 Å². The zero-order valence-electron chi connectivity index (χ0n) is 16.4. The molecule has 0 atom stereocenters.